The Balaban J connectivity index is 1.63. The first-order chi connectivity index (χ1) is 17.4. The summed E-state index contributed by atoms with van der Waals surface area (Å²) in [7, 11) is 0. The molecule has 0 fully saturated rings. The minimum atomic E-state index is 0.525. The Bertz CT molecular complexity index is 519. The molecule has 0 heterocycles. The van der Waals surface area contributed by atoms with Gasteiger partial charge < -0.3 is 42.6 Å². The lowest BCUT2D eigenvalue weighted by Gasteiger charge is -2.09. The second-order valence-corrected chi connectivity index (χ2v) is 7.41. The van der Waals surface area contributed by atoms with E-state index in [1.54, 1.807) is 0 Å². The van der Waals surface area contributed by atoms with Crippen LogP contribution in [-0.2, 0) is 37.9 Å². The summed E-state index contributed by atoms with van der Waals surface area (Å²) in [6.07, 6.45) is 2.25. The van der Waals surface area contributed by atoms with Crippen molar-refractivity contribution in [2.75, 3.05) is 112 Å². The zero-order valence-electron chi connectivity index (χ0n) is 21.5. The number of para-hydroxylation sites is 1. The van der Waals surface area contributed by atoms with Crippen molar-refractivity contribution in [3.8, 4) is 5.75 Å². The first-order valence-electron chi connectivity index (χ1n) is 12.7. The summed E-state index contributed by atoms with van der Waals surface area (Å²) in [5, 5.41) is 0. The zero-order chi connectivity index (χ0) is 24.9. The second-order valence-electron chi connectivity index (χ2n) is 7.41. The fourth-order valence-corrected chi connectivity index (χ4v) is 2.62. The maximum Gasteiger partial charge on any atom is 0.119 e. The van der Waals surface area contributed by atoms with Crippen LogP contribution in [0.5, 0.6) is 5.75 Å². The molecule has 0 aliphatic heterocycles. The maximum atomic E-state index is 5.54. The zero-order valence-corrected chi connectivity index (χ0v) is 21.5. The summed E-state index contributed by atoms with van der Waals surface area (Å²) in [6, 6.07) is 9.69. The standard InChI is InChI=1S/C26H46O9/c1-2-3-9-27-10-11-28-12-13-29-14-15-30-16-17-31-18-19-32-20-21-33-22-23-34-24-25-35-26-7-5-4-6-8-26/h4-8H,2-3,9-25H2,1H3. The quantitative estimate of drug-likeness (QED) is 0.161. The Morgan fingerprint density at radius 2 is 0.714 bits per heavy atom. The van der Waals surface area contributed by atoms with Crippen molar-refractivity contribution in [2.24, 2.45) is 0 Å². The highest BCUT2D eigenvalue weighted by Crippen LogP contribution is 2.07. The first-order valence-corrected chi connectivity index (χ1v) is 12.7. The average molecular weight is 503 g/mol. The van der Waals surface area contributed by atoms with Crippen molar-refractivity contribution in [2.45, 2.75) is 19.8 Å². The van der Waals surface area contributed by atoms with E-state index in [0.29, 0.717) is 106 Å². The Kier molecular flexibility index (Phi) is 24.7. The van der Waals surface area contributed by atoms with Gasteiger partial charge in [0.05, 0.1) is 99.1 Å². The molecule has 0 radical (unpaired) electrons. The van der Waals surface area contributed by atoms with Crippen molar-refractivity contribution in [1.29, 1.82) is 0 Å². The van der Waals surface area contributed by atoms with Crippen molar-refractivity contribution in [3.63, 3.8) is 0 Å². The molecule has 204 valence electrons. The predicted octanol–water partition coefficient (Wildman–Crippen LogP) is 3.00. The van der Waals surface area contributed by atoms with Crippen LogP contribution in [0.3, 0.4) is 0 Å². The van der Waals surface area contributed by atoms with Crippen LogP contribution in [-0.4, -0.2) is 112 Å². The Morgan fingerprint density at radius 1 is 0.400 bits per heavy atom. The van der Waals surface area contributed by atoms with Crippen LogP contribution in [0.25, 0.3) is 0 Å². The van der Waals surface area contributed by atoms with Gasteiger partial charge in [-0.1, -0.05) is 31.5 Å². The van der Waals surface area contributed by atoms with Gasteiger partial charge in [-0.25, -0.2) is 0 Å². The van der Waals surface area contributed by atoms with E-state index in [9.17, 15) is 0 Å². The number of hydrogen-bond donors (Lipinski definition) is 0. The Morgan fingerprint density at radius 3 is 1.06 bits per heavy atom. The molecule has 0 bridgehead atoms. The molecule has 1 rings (SSSR count). The molecule has 35 heavy (non-hydrogen) atoms. The van der Waals surface area contributed by atoms with Crippen molar-refractivity contribution in [1.82, 2.24) is 0 Å². The monoisotopic (exact) mass is 502 g/mol. The van der Waals surface area contributed by atoms with E-state index in [0.717, 1.165) is 25.2 Å². The van der Waals surface area contributed by atoms with Gasteiger partial charge in [0.15, 0.2) is 0 Å². The largest absolute Gasteiger partial charge is 0.491 e. The van der Waals surface area contributed by atoms with E-state index < -0.39 is 0 Å². The van der Waals surface area contributed by atoms with Crippen LogP contribution >= 0.6 is 0 Å². The summed E-state index contributed by atoms with van der Waals surface area (Å²) in [4.78, 5) is 0. The molecule has 0 aromatic heterocycles. The summed E-state index contributed by atoms with van der Waals surface area (Å²) < 4.78 is 49.1. The number of hydrogen-bond acceptors (Lipinski definition) is 9. The van der Waals surface area contributed by atoms with E-state index in [1.807, 2.05) is 30.3 Å². The molecule has 0 N–H and O–H groups in total. The van der Waals surface area contributed by atoms with Gasteiger partial charge in [-0.3, -0.25) is 0 Å². The van der Waals surface area contributed by atoms with Crippen LogP contribution in [0.4, 0.5) is 0 Å². The van der Waals surface area contributed by atoms with Crippen LogP contribution in [0.1, 0.15) is 19.8 Å². The molecule has 1 aromatic carbocycles. The number of benzene rings is 1. The van der Waals surface area contributed by atoms with Gasteiger partial charge in [-0.15, -0.1) is 0 Å². The van der Waals surface area contributed by atoms with E-state index in [-0.39, 0.29) is 0 Å². The summed E-state index contributed by atoms with van der Waals surface area (Å²) >= 11 is 0. The van der Waals surface area contributed by atoms with Crippen LogP contribution in [0.2, 0.25) is 0 Å². The van der Waals surface area contributed by atoms with Crippen molar-refractivity contribution < 1.29 is 42.6 Å². The molecule has 0 spiro atoms. The third-order valence-electron chi connectivity index (χ3n) is 4.49. The van der Waals surface area contributed by atoms with Gasteiger partial charge in [-0.05, 0) is 18.6 Å². The predicted molar refractivity (Wildman–Crippen MR) is 133 cm³/mol. The average Bonchev–Trinajstić information content (AvgIpc) is 2.89. The lowest BCUT2D eigenvalue weighted by molar-refractivity contribution is -0.0236. The van der Waals surface area contributed by atoms with E-state index >= 15 is 0 Å². The first kappa shape index (κ1) is 31.7. The second kappa shape index (κ2) is 27.3. The van der Waals surface area contributed by atoms with E-state index in [1.165, 1.54) is 0 Å². The smallest absolute Gasteiger partial charge is 0.119 e. The number of unbranched alkanes of at least 4 members (excludes halogenated alkanes) is 1. The van der Waals surface area contributed by atoms with E-state index in [2.05, 4.69) is 6.92 Å². The molecule has 0 saturated carbocycles. The molecule has 0 unspecified atom stereocenters. The van der Waals surface area contributed by atoms with Crippen molar-refractivity contribution >= 4 is 0 Å². The van der Waals surface area contributed by atoms with Gasteiger partial charge in [0.2, 0.25) is 0 Å². The molecule has 0 aliphatic carbocycles. The highest BCUT2D eigenvalue weighted by molar-refractivity contribution is 5.20. The molecule has 9 heteroatoms. The summed E-state index contributed by atoms with van der Waals surface area (Å²) in [5.41, 5.74) is 0. The minimum absolute atomic E-state index is 0.525. The van der Waals surface area contributed by atoms with Crippen LogP contribution in [0, 0.1) is 0 Å². The van der Waals surface area contributed by atoms with Crippen LogP contribution in [0.15, 0.2) is 30.3 Å². The highest BCUT2D eigenvalue weighted by atomic mass is 16.6. The molecular formula is C26H46O9. The third kappa shape index (κ3) is 24.2. The number of ether oxygens (including phenoxy) is 9. The summed E-state index contributed by atoms with van der Waals surface area (Å²) in [5.74, 6) is 0.850. The van der Waals surface area contributed by atoms with Gasteiger partial charge >= 0.3 is 0 Å². The van der Waals surface area contributed by atoms with Crippen LogP contribution < -0.4 is 4.74 Å². The van der Waals surface area contributed by atoms with E-state index in [4.69, 9.17) is 42.6 Å². The lowest BCUT2D eigenvalue weighted by Crippen LogP contribution is -2.15. The Labute approximate surface area is 211 Å². The Hall–Kier alpha value is -1.30. The molecular weight excluding hydrogens is 456 g/mol. The SMILES string of the molecule is CCCCOCCOCCOCCOCCOCCOCCOCCOCCOc1ccccc1. The van der Waals surface area contributed by atoms with Gasteiger partial charge in [-0.2, -0.15) is 0 Å². The lowest BCUT2D eigenvalue weighted by atomic mass is 10.3. The third-order valence-corrected chi connectivity index (χ3v) is 4.49. The molecule has 0 aliphatic rings. The molecule has 0 amide bonds. The summed E-state index contributed by atoms with van der Waals surface area (Å²) in [6.45, 7) is 11.8. The highest BCUT2D eigenvalue weighted by Gasteiger charge is 1.96. The maximum absolute atomic E-state index is 5.54. The van der Waals surface area contributed by atoms with Gasteiger partial charge in [0.25, 0.3) is 0 Å². The fourth-order valence-electron chi connectivity index (χ4n) is 2.62. The van der Waals surface area contributed by atoms with Gasteiger partial charge in [0.1, 0.15) is 12.4 Å². The fraction of sp³-hybridized carbons (Fsp3) is 0.769. The number of rotatable bonds is 28. The molecule has 0 saturated heterocycles. The molecule has 0 atom stereocenters. The minimum Gasteiger partial charge on any atom is -0.491 e. The van der Waals surface area contributed by atoms with Gasteiger partial charge in [0, 0.05) is 6.61 Å². The molecule has 1 aromatic rings. The normalized spacial score (nSPS) is 11.2. The molecule has 9 nitrogen and oxygen atoms in total. The van der Waals surface area contributed by atoms with Crippen molar-refractivity contribution in [3.05, 3.63) is 30.3 Å². The topological polar surface area (TPSA) is 83.1 Å².